The van der Waals surface area contributed by atoms with Gasteiger partial charge in [-0.05, 0) is 49.6 Å². The van der Waals surface area contributed by atoms with Crippen LogP contribution in [0, 0.1) is 20.8 Å². The Hall–Kier alpha value is -3.91. The molecule has 0 aliphatic carbocycles. The molecule has 2 heterocycles. The minimum Gasteiger partial charge on any atom is -0.325 e. The molecule has 0 bridgehead atoms. The fourth-order valence-corrected chi connectivity index (χ4v) is 5.16. The third kappa shape index (κ3) is 4.44. The number of carbonyl (C=O) groups excluding carboxylic acids is 1. The van der Waals surface area contributed by atoms with Crippen molar-refractivity contribution in [3.05, 3.63) is 99.3 Å². The van der Waals surface area contributed by atoms with Gasteiger partial charge in [0.05, 0.1) is 23.2 Å². The van der Waals surface area contributed by atoms with Crippen LogP contribution in [0.3, 0.4) is 0 Å². The number of fused-ring (bicyclic) bond motifs is 3. The second-order valence-corrected chi connectivity index (χ2v) is 9.57. The van der Waals surface area contributed by atoms with Crippen LogP contribution in [0.2, 0.25) is 0 Å². The van der Waals surface area contributed by atoms with E-state index in [2.05, 4.69) is 27.6 Å². The zero-order valence-electron chi connectivity index (χ0n) is 19.8. The van der Waals surface area contributed by atoms with Gasteiger partial charge in [0.1, 0.15) is 0 Å². The summed E-state index contributed by atoms with van der Waals surface area (Å²) in [6.07, 6.45) is 0. The fourth-order valence-electron chi connectivity index (χ4n) is 4.42. The maximum atomic E-state index is 13.3. The van der Waals surface area contributed by atoms with Gasteiger partial charge in [-0.25, -0.2) is 0 Å². The second-order valence-electron chi connectivity index (χ2n) is 8.62. The number of benzene rings is 3. The minimum absolute atomic E-state index is 0.121. The molecular weight excluding hydrogens is 458 g/mol. The van der Waals surface area contributed by atoms with Crippen molar-refractivity contribution in [3.63, 3.8) is 0 Å². The van der Waals surface area contributed by atoms with Gasteiger partial charge in [-0.15, -0.1) is 10.2 Å². The molecule has 0 saturated heterocycles. The summed E-state index contributed by atoms with van der Waals surface area (Å²) < 4.78 is 3.49. The van der Waals surface area contributed by atoms with Crippen LogP contribution in [-0.4, -0.2) is 30.8 Å². The highest BCUT2D eigenvalue weighted by molar-refractivity contribution is 7.99. The van der Waals surface area contributed by atoms with Gasteiger partial charge < -0.3 is 5.32 Å². The molecule has 1 N–H and O–H groups in total. The van der Waals surface area contributed by atoms with Gasteiger partial charge in [0, 0.05) is 5.69 Å². The normalized spacial score (nSPS) is 11.3. The van der Waals surface area contributed by atoms with E-state index in [1.54, 1.807) is 4.57 Å². The number of rotatable bonds is 6. The SMILES string of the molecule is Cc1cc(C)c(NC(=O)CSc2nnc3n(Cc4ccccc4)c(=O)c4ccccc4n23)c(C)c1. The lowest BCUT2D eigenvalue weighted by molar-refractivity contribution is -0.113. The van der Waals surface area contributed by atoms with Crippen molar-refractivity contribution < 1.29 is 4.79 Å². The smallest absolute Gasteiger partial charge is 0.263 e. The van der Waals surface area contributed by atoms with Crippen LogP contribution < -0.4 is 10.9 Å². The van der Waals surface area contributed by atoms with Gasteiger partial charge in [0.2, 0.25) is 11.7 Å². The maximum absolute atomic E-state index is 13.3. The van der Waals surface area contributed by atoms with Crippen molar-refractivity contribution >= 4 is 40.0 Å². The molecule has 5 aromatic rings. The number of para-hydroxylation sites is 1. The van der Waals surface area contributed by atoms with E-state index in [1.165, 1.54) is 11.8 Å². The summed E-state index contributed by atoms with van der Waals surface area (Å²) in [6.45, 7) is 6.41. The molecule has 8 heteroatoms. The standard InChI is InChI=1S/C27H25N5O2S/c1-17-13-18(2)24(19(3)14-17)28-23(33)16-35-27-30-29-26-31(15-20-9-5-4-6-10-20)25(34)21-11-7-8-12-22(21)32(26)27/h4-14H,15-16H2,1-3H3,(H,28,33). The topological polar surface area (TPSA) is 81.3 Å². The van der Waals surface area contributed by atoms with Crippen LogP contribution in [0.5, 0.6) is 0 Å². The Morgan fingerprint density at radius 2 is 1.63 bits per heavy atom. The molecule has 0 atom stereocenters. The number of aromatic nitrogens is 4. The number of aryl methyl sites for hydroxylation is 3. The quantitative estimate of drug-likeness (QED) is 0.353. The molecule has 1 amide bonds. The average Bonchev–Trinajstić information content (AvgIpc) is 3.27. The Morgan fingerprint density at radius 1 is 0.943 bits per heavy atom. The molecule has 0 unspecified atom stereocenters. The molecule has 0 aliphatic rings. The van der Waals surface area contributed by atoms with E-state index in [4.69, 9.17) is 0 Å². The Labute approximate surface area is 206 Å². The number of thioether (sulfide) groups is 1. The van der Waals surface area contributed by atoms with Crippen LogP contribution in [0.4, 0.5) is 5.69 Å². The second kappa shape index (κ2) is 9.38. The molecule has 0 aliphatic heterocycles. The number of nitrogens with one attached hydrogen (secondary N) is 1. The first-order chi connectivity index (χ1) is 16.9. The van der Waals surface area contributed by atoms with E-state index < -0.39 is 0 Å². The van der Waals surface area contributed by atoms with Crippen LogP contribution in [0.1, 0.15) is 22.3 Å². The third-order valence-electron chi connectivity index (χ3n) is 5.94. The molecule has 3 aromatic carbocycles. The largest absolute Gasteiger partial charge is 0.325 e. The number of amides is 1. The first-order valence-electron chi connectivity index (χ1n) is 11.3. The fraction of sp³-hybridized carbons (Fsp3) is 0.185. The van der Waals surface area contributed by atoms with Crippen molar-refractivity contribution in [2.75, 3.05) is 11.1 Å². The predicted octanol–water partition coefficient (Wildman–Crippen LogP) is 4.75. The van der Waals surface area contributed by atoms with E-state index in [-0.39, 0.29) is 17.2 Å². The minimum atomic E-state index is -0.122. The molecule has 2 aromatic heterocycles. The Morgan fingerprint density at radius 3 is 2.37 bits per heavy atom. The molecule has 35 heavy (non-hydrogen) atoms. The highest BCUT2D eigenvalue weighted by atomic mass is 32.2. The van der Waals surface area contributed by atoms with Gasteiger partial charge in [-0.2, -0.15) is 0 Å². The van der Waals surface area contributed by atoms with E-state index in [1.807, 2.05) is 79.8 Å². The summed E-state index contributed by atoms with van der Waals surface area (Å²) in [6, 6.07) is 21.3. The van der Waals surface area contributed by atoms with Crippen LogP contribution in [0.15, 0.2) is 76.7 Å². The van der Waals surface area contributed by atoms with Crippen LogP contribution in [-0.2, 0) is 11.3 Å². The van der Waals surface area contributed by atoms with E-state index in [0.29, 0.717) is 22.9 Å². The van der Waals surface area contributed by atoms with Gasteiger partial charge in [-0.1, -0.05) is 71.9 Å². The van der Waals surface area contributed by atoms with Crippen molar-refractivity contribution in [2.45, 2.75) is 32.5 Å². The third-order valence-corrected chi connectivity index (χ3v) is 6.86. The summed E-state index contributed by atoms with van der Waals surface area (Å²) >= 11 is 1.30. The summed E-state index contributed by atoms with van der Waals surface area (Å²) in [5, 5.41) is 12.9. The van der Waals surface area contributed by atoms with Gasteiger partial charge >= 0.3 is 0 Å². The number of nitrogens with zero attached hydrogens (tertiary/aromatic N) is 4. The van der Waals surface area contributed by atoms with Crippen molar-refractivity contribution in [2.24, 2.45) is 0 Å². The van der Waals surface area contributed by atoms with Crippen molar-refractivity contribution in [1.29, 1.82) is 0 Å². The average molecular weight is 484 g/mol. The summed E-state index contributed by atoms with van der Waals surface area (Å²) in [5.74, 6) is 0.495. The molecule has 0 spiro atoms. The van der Waals surface area contributed by atoms with Crippen LogP contribution in [0.25, 0.3) is 16.7 Å². The van der Waals surface area contributed by atoms with Gasteiger partial charge in [0.15, 0.2) is 5.16 Å². The molecule has 0 radical (unpaired) electrons. The van der Waals surface area contributed by atoms with Crippen molar-refractivity contribution in [3.8, 4) is 0 Å². The summed E-state index contributed by atoms with van der Waals surface area (Å²) in [5.41, 5.74) is 5.66. The number of hydrogen-bond acceptors (Lipinski definition) is 5. The highest BCUT2D eigenvalue weighted by Crippen LogP contribution is 2.24. The zero-order chi connectivity index (χ0) is 24.5. The first-order valence-corrected chi connectivity index (χ1v) is 12.3. The molecular formula is C27H25N5O2S. The van der Waals surface area contributed by atoms with E-state index in [9.17, 15) is 9.59 Å². The Bertz CT molecular complexity index is 1600. The molecule has 5 rings (SSSR count). The molecule has 176 valence electrons. The van der Waals surface area contributed by atoms with Gasteiger partial charge in [-0.3, -0.25) is 18.6 Å². The van der Waals surface area contributed by atoms with Crippen molar-refractivity contribution in [1.82, 2.24) is 19.2 Å². The molecule has 0 fully saturated rings. The number of carbonyl (C=O) groups is 1. The zero-order valence-corrected chi connectivity index (χ0v) is 20.6. The summed E-state index contributed by atoms with van der Waals surface area (Å²) in [7, 11) is 0. The van der Waals surface area contributed by atoms with E-state index >= 15 is 0 Å². The number of hydrogen-bond donors (Lipinski definition) is 1. The lowest BCUT2D eigenvalue weighted by Crippen LogP contribution is -2.24. The monoisotopic (exact) mass is 483 g/mol. The van der Waals surface area contributed by atoms with Crippen LogP contribution >= 0.6 is 11.8 Å². The summed E-state index contributed by atoms with van der Waals surface area (Å²) in [4.78, 5) is 26.1. The first kappa shape index (κ1) is 22.9. The van der Waals surface area contributed by atoms with Gasteiger partial charge in [0.25, 0.3) is 5.56 Å². The highest BCUT2D eigenvalue weighted by Gasteiger charge is 2.18. The van der Waals surface area contributed by atoms with E-state index in [0.717, 1.165) is 33.5 Å². The molecule has 0 saturated carbocycles. The molecule has 7 nitrogen and oxygen atoms in total. The Balaban J connectivity index is 1.49. The lowest BCUT2D eigenvalue weighted by Gasteiger charge is -2.13. The Kier molecular flexibility index (Phi) is 6.13. The number of anilines is 1. The predicted molar refractivity (Wildman–Crippen MR) is 140 cm³/mol. The maximum Gasteiger partial charge on any atom is 0.263 e. The lowest BCUT2D eigenvalue weighted by atomic mass is 10.1.